The molecule has 124 valence electrons. The van der Waals surface area contributed by atoms with Crippen molar-refractivity contribution in [2.75, 3.05) is 13.1 Å². The summed E-state index contributed by atoms with van der Waals surface area (Å²) in [4.78, 5) is 2.43. The highest BCUT2D eigenvalue weighted by molar-refractivity contribution is 6.42. The predicted molar refractivity (Wildman–Crippen MR) is 92.1 cm³/mol. The van der Waals surface area contributed by atoms with Gasteiger partial charge in [0.05, 0.1) is 10.0 Å². The molecule has 0 radical (unpaired) electrons. The molecule has 1 aliphatic heterocycles. The fourth-order valence-electron chi connectivity index (χ4n) is 2.88. The van der Waals surface area contributed by atoms with E-state index in [0.29, 0.717) is 16.0 Å². The zero-order valence-corrected chi connectivity index (χ0v) is 14.9. The highest BCUT2D eigenvalue weighted by Crippen LogP contribution is 2.29. The van der Waals surface area contributed by atoms with Crippen LogP contribution in [0.15, 0.2) is 22.6 Å². The molecule has 1 fully saturated rings. The van der Waals surface area contributed by atoms with Crippen molar-refractivity contribution in [1.82, 2.24) is 15.1 Å². The number of halogens is 2. The lowest BCUT2D eigenvalue weighted by Crippen LogP contribution is -2.32. The lowest BCUT2D eigenvalue weighted by Gasteiger charge is -2.30. The van der Waals surface area contributed by atoms with E-state index in [9.17, 15) is 0 Å². The first-order valence-electron chi connectivity index (χ1n) is 8.02. The third-order valence-electron chi connectivity index (χ3n) is 4.28. The van der Waals surface area contributed by atoms with Gasteiger partial charge < -0.3 is 4.42 Å². The fourth-order valence-corrected chi connectivity index (χ4v) is 3.20. The molecule has 0 bridgehead atoms. The van der Waals surface area contributed by atoms with Gasteiger partial charge in [0.15, 0.2) is 0 Å². The van der Waals surface area contributed by atoms with Gasteiger partial charge in [0.25, 0.3) is 0 Å². The third kappa shape index (κ3) is 4.06. The van der Waals surface area contributed by atoms with E-state index < -0.39 is 0 Å². The Kier molecular flexibility index (Phi) is 5.24. The van der Waals surface area contributed by atoms with Crippen LogP contribution in [0.4, 0.5) is 0 Å². The van der Waals surface area contributed by atoms with Gasteiger partial charge in [0.1, 0.15) is 0 Å². The van der Waals surface area contributed by atoms with Crippen LogP contribution in [0.1, 0.15) is 55.9 Å². The molecule has 1 aromatic carbocycles. The van der Waals surface area contributed by atoms with Crippen molar-refractivity contribution >= 4 is 23.2 Å². The Balaban J connectivity index is 1.56. The maximum atomic E-state index is 6.08. The first-order valence-corrected chi connectivity index (χ1v) is 8.78. The van der Waals surface area contributed by atoms with Gasteiger partial charge in [-0.3, -0.25) is 4.90 Å². The van der Waals surface area contributed by atoms with E-state index in [1.165, 1.54) is 5.56 Å². The van der Waals surface area contributed by atoms with E-state index in [2.05, 4.69) is 28.9 Å². The summed E-state index contributed by atoms with van der Waals surface area (Å²) >= 11 is 12.1. The second-order valence-corrected chi connectivity index (χ2v) is 7.25. The predicted octanol–water partition coefficient (Wildman–Crippen LogP) is 4.88. The zero-order valence-electron chi connectivity index (χ0n) is 13.4. The number of benzene rings is 1. The lowest BCUT2D eigenvalue weighted by molar-refractivity contribution is 0.191. The average Bonchev–Trinajstić information content (AvgIpc) is 3.02. The largest absolute Gasteiger partial charge is 0.425 e. The van der Waals surface area contributed by atoms with Crippen LogP contribution in [-0.4, -0.2) is 28.2 Å². The number of hydrogen-bond acceptors (Lipinski definition) is 4. The molecule has 3 rings (SSSR count). The van der Waals surface area contributed by atoms with E-state index in [0.717, 1.165) is 44.3 Å². The molecule has 0 N–H and O–H groups in total. The Hall–Kier alpha value is -1.10. The molecule has 23 heavy (non-hydrogen) atoms. The minimum atomic E-state index is 0.283. The SMILES string of the molecule is CC(C)c1nnc(C2CCN(Cc3ccc(Cl)c(Cl)c3)CC2)o1. The first-order chi connectivity index (χ1) is 11.0. The minimum absolute atomic E-state index is 0.283. The summed E-state index contributed by atoms with van der Waals surface area (Å²) < 4.78 is 5.79. The molecule has 0 spiro atoms. The summed E-state index contributed by atoms with van der Waals surface area (Å²) in [6, 6.07) is 5.84. The van der Waals surface area contributed by atoms with Gasteiger partial charge in [-0.2, -0.15) is 0 Å². The Labute approximate surface area is 146 Å². The molecule has 0 saturated carbocycles. The molecule has 6 heteroatoms. The topological polar surface area (TPSA) is 42.2 Å². The van der Waals surface area contributed by atoms with Crippen LogP contribution in [0.2, 0.25) is 10.0 Å². The smallest absolute Gasteiger partial charge is 0.219 e. The van der Waals surface area contributed by atoms with E-state index in [1.807, 2.05) is 18.2 Å². The van der Waals surface area contributed by atoms with Gasteiger partial charge in [-0.1, -0.05) is 43.1 Å². The third-order valence-corrected chi connectivity index (χ3v) is 5.02. The lowest BCUT2D eigenvalue weighted by atomic mass is 9.96. The Bertz CT molecular complexity index is 664. The molecule has 2 aromatic rings. The van der Waals surface area contributed by atoms with E-state index in [1.54, 1.807) is 0 Å². The quantitative estimate of drug-likeness (QED) is 0.785. The van der Waals surface area contributed by atoms with Gasteiger partial charge in [-0.15, -0.1) is 10.2 Å². The van der Waals surface area contributed by atoms with E-state index in [-0.39, 0.29) is 5.92 Å². The summed E-state index contributed by atoms with van der Waals surface area (Å²) in [6.07, 6.45) is 2.09. The van der Waals surface area contributed by atoms with Gasteiger partial charge in [-0.25, -0.2) is 0 Å². The molecular weight excluding hydrogens is 333 g/mol. The van der Waals surface area contributed by atoms with Gasteiger partial charge in [-0.05, 0) is 43.6 Å². The van der Waals surface area contributed by atoms with Gasteiger partial charge in [0.2, 0.25) is 11.8 Å². The van der Waals surface area contributed by atoms with Crippen molar-refractivity contribution in [2.45, 2.75) is 45.1 Å². The first kappa shape index (κ1) is 16.7. The average molecular weight is 354 g/mol. The summed E-state index contributed by atoms with van der Waals surface area (Å²) in [5, 5.41) is 9.58. The van der Waals surface area contributed by atoms with Crippen LogP contribution in [0.25, 0.3) is 0 Å². The molecular formula is C17H21Cl2N3O. The van der Waals surface area contributed by atoms with Gasteiger partial charge in [0, 0.05) is 18.4 Å². The van der Waals surface area contributed by atoms with Crippen molar-refractivity contribution in [3.8, 4) is 0 Å². The zero-order chi connectivity index (χ0) is 16.4. The van der Waals surface area contributed by atoms with Crippen molar-refractivity contribution in [3.63, 3.8) is 0 Å². The Morgan fingerprint density at radius 1 is 1.17 bits per heavy atom. The summed E-state index contributed by atoms with van der Waals surface area (Å²) in [7, 11) is 0. The maximum Gasteiger partial charge on any atom is 0.219 e. The number of piperidine rings is 1. The van der Waals surface area contributed by atoms with Crippen molar-refractivity contribution in [2.24, 2.45) is 0 Å². The molecule has 1 aromatic heterocycles. The van der Waals surface area contributed by atoms with E-state index >= 15 is 0 Å². The van der Waals surface area contributed by atoms with Crippen LogP contribution < -0.4 is 0 Å². The minimum Gasteiger partial charge on any atom is -0.425 e. The number of hydrogen-bond donors (Lipinski definition) is 0. The summed E-state index contributed by atoms with van der Waals surface area (Å²) in [5.41, 5.74) is 1.19. The second-order valence-electron chi connectivity index (χ2n) is 6.43. The number of nitrogens with zero attached hydrogens (tertiary/aromatic N) is 3. The van der Waals surface area contributed by atoms with Crippen LogP contribution in [0.5, 0.6) is 0 Å². The molecule has 0 amide bonds. The molecule has 0 unspecified atom stereocenters. The molecule has 0 atom stereocenters. The molecule has 4 nitrogen and oxygen atoms in total. The van der Waals surface area contributed by atoms with Crippen LogP contribution >= 0.6 is 23.2 Å². The molecule has 0 aliphatic carbocycles. The fraction of sp³-hybridized carbons (Fsp3) is 0.529. The summed E-state index contributed by atoms with van der Waals surface area (Å²) in [6.45, 7) is 7.06. The van der Waals surface area contributed by atoms with Gasteiger partial charge >= 0.3 is 0 Å². The molecule has 2 heterocycles. The number of rotatable bonds is 4. The number of likely N-dealkylation sites (tertiary alicyclic amines) is 1. The van der Waals surface area contributed by atoms with Crippen molar-refractivity contribution < 1.29 is 4.42 Å². The second kappa shape index (κ2) is 7.20. The van der Waals surface area contributed by atoms with Crippen LogP contribution in [0.3, 0.4) is 0 Å². The maximum absolute atomic E-state index is 6.08. The van der Waals surface area contributed by atoms with Crippen LogP contribution in [0, 0.1) is 0 Å². The van der Waals surface area contributed by atoms with Crippen molar-refractivity contribution in [1.29, 1.82) is 0 Å². The Morgan fingerprint density at radius 3 is 2.52 bits per heavy atom. The monoisotopic (exact) mass is 353 g/mol. The standard InChI is InChI=1S/C17H21Cl2N3O/c1-11(2)16-20-21-17(23-16)13-5-7-22(8-6-13)10-12-3-4-14(18)15(19)9-12/h3-4,9,11,13H,5-8,10H2,1-2H3. The normalized spacial score (nSPS) is 17.1. The summed E-state index contributed by atoms with van der Waals surface area (Å²) in [5.74, 6) is 2.19. The van der Waals surface area contributed by atoms with Crippen LogP contribution in [-0.2, 0) is 6.54 Å². The molecule has 1 saturated heterocycles. The highest BCUT2D eigenvalue weighted by atomic mass is 35.5. The van der Waals surface area contributed by atoms with Crippen molar-refractivity contribution in [3.05, 3.63) is 45.6 Å². The van der Waals surface area contributed by atoms with E-state index in [4.69, 9.17) is 27.6 Å². The Morgan fingerprint density at radius 2 is 1.91 bits per heavy atom. The highest BCUT2D eigenvalue weighted by Gasteiger charge is 2.25. The molecule has 1 aliphatic rings. The number of aromatic nitrogens is 2.